The highest BCUT2D eigenvalue weighted by atomic mass is 16.5. The first-order valence-electron chi connectivity index (χ1n) is 7.28. The number of ether oxygens (including phenoxy) is 1. The van der Waals surface area contributed by atoms with Crippen LogP contribution in [0.3, 0.4) is 0 Å². The minimum absolute atomic E-state index is 0.274. The molecule has 0 saturated heterocycles. The van der Waals surface area contributed by atoms with Crippen LogP contribution in [0.2, 0.25) is 0 Å². The second-order valence-electron chi connectivity index (χ2n) is 5.44. The Hall–Kier alpha value is -2.79. The molecule has 0 aliphatic carbocycles. The van der Waals surface area contributed by atoms with Crippen molar-refractivity contribution in [2.75, 3.05) is 0 Å². The van der Waals surface area contributed by atoms with E-state index >= 15 is 0 Å². The Bertz CT molecular complexity index is 836. The minimum Gasteiger partial charge on any atom is -0.367 e. The van der Waals surface area contributed by atoms with Crippen LogP contribution in [-0.2, 0) is 21.7 Å². The molecule has 0 aliphatic rings. The molecule has 0 radical (unpaired) electrons. The van der Waals surface area contributed by atoms with Crippen LogP contribution in [0.15, 0.2) is 60.9 Å². The number of nitrogens with two attached hydrogens (primary N) is 1. The van der Waals surface area contributed by atoms with Gasteiger partial charge >= 0.3 is 0 Å². The lowest BCUT2D eigenvalue weighted by atomic mass is 9.99. The van der Waals surface area contributed by atoms with Gasteiger partial charge in [0.25, 0.3) is 5.91 Å². The smallest absolute Gasteiger partial charge is 0.255 e. The fourth-order valence-electron chi connectivity index (χ4n) is 2.30. The summed E-state index contributed by atoms with van der Waals surface area (Å²) in [6.07, 6.45) is 3.38. The van der Waals surface area contributed by atoms with E-state index in [1.807, 2.05) is 36.4 Å². The zero-order valence-electron chi connectivity index (χ0n) is 12.8. The van der Waals surface area contributed by atoms with Crippen LogP contribution in [0.4, 0.5) is 0 Å². The molecule has 1 aromatic carbocycles. The summed E-state index contributed by atoms with van der Waals surface area (Å²) in [6.45, 7) is 1.92. The lowest BCUT2D eigenvalue weighted by Gasteiger charge is -2.26. The van der Waals surface area contributed by atoms with Crippen molar-refractivity contribution in [2.24, 2.45) is 5.73 Å². The van der Waals surface area contributed by atoms with Gasteiger partial charge < -0.3 is 10.5 Å². The van der Waals surface area contributed by atoms with E-state index in [-0.39, 0.29) is 6.61 Å². The molecule has 5 nitrogen and oxygen atoms in total. The molecule has 2 heterocycles. The predicted molar refractivity (Wildman–Crippen MR) is 87.3 cm³/mol. The standard InChI is InChI=1S/C18H17N3O2/c1-18(17(19)22,23-12-13-5-3-2-4-6-13)16-8-7-14-11-20-10-9-15(14)21-16/h2-11H,12H2,1H3,(H2,19,22). The van der Waals surface area contributed by atoms with Gasteiger partial charge in [-0.05, 0) is 30.7 Å². The molecule has 5 heteroatoms. The number of carbonyl (C=O) groups is 1. The third kappa shape index (κ3) is 3.05. The van der Waals surface area contributed by atoms with Crippen LogP contribution in [0.5, 0.6) is 0 Å². The Morgan fingerprint density at radius 2 is 1.96 bits per heavy atom. The van der Waals surface area contributed by atoms with Crippen LogP contribution >= 0.6 is 0 Å². The molecule has 2 aromatic heterocycles. The molecule has 1 atom stereocenters. The number of carbonyl (C=O) groups excluding carboxylic acids is 1. The average Bonchev–Trinajstić information content (AvgIpc) is 2.60. The predicted octanol–water partition coefficient (Wildman–Crippen LogP) is 2.55. The lowest BCUT2D eigenvalue weighted by molar-refractivity contribution is -0.145. The van der Waals surface area contributed by atoms with E-state index in [1.54, 1.807) is 31.5 Å². The molecule has 0 fully saturated rings. The largest absolute Gasteiger partial charge is 0.367 e. The number of aromatic nitrogens is 2. The molecule has 116 valence electrons. The maximum Gasteiger partial charge on any atom is 0.255 e. The Labute approximate surface area is 134 Å². The van der Waals surface area contributed by atoms with Crippen molar-refractivity contribution < 1.29 is 9.53 Å². The fraction of sp³-hybridized carbons (Fsp3) is 0.167. The first kappa shape index (κ1) is 15.1. The van der Waals surface area contributed by atoms with Gasteiger partial charge in [0.2, 0.25) is 0 Å². The number of amides is 1. The van der Waals surface area contributed by atoms with E-state index < -0.39 is 11.5 Å². The third-order valence-corrected chi connectivity index (χ3v) is 3.82. The SMILES string of the molecule is CC(OCc1ccccc1)(C(N)=O)c1ccc2cnccc2n1. The molecule has 23 heavy (non-hydrogen) atoms. The molecule has 0 spiro atoms. The number of benzene rings is 1. The van der Waals surface area contributed by atoms with Gasteiger partial charge in [-0.1, -0.05) is 30.3 Å². The first-order chi connectivity index (χ1) is 11.1. The average molecular weight is 307 g/mol. The molecule has 0 bridgehead atoms. The van der Waals surface area contributed by atoms with E-state index in [0.717, 1.165) is 16.5 Å². The first-order valence-corrected chi connectivity index (χ1v) is 7.28. The molecule has 0 aliphatic heterocycles. The second-order valence-corrected chi connectivity index (χ2v) is 5.44. The quantitative estimate of drug-likeness (QED) is 0.785. The normalized spacial score (nSPS) is 13.6. The van der Waals surface area contributed by atoms with Crippen LogP contribution in [-0.4, -0.2) is 15.9 Å². The van der Waals surface area contributed by atoms with Crippen molar-refractivity contribution in [2.45, 2.75) is 19.1 Å². The lowest BCUT2D eigenvalue weighted by Crippen LogP contribution is -2.41. The number of pyridine rings is 2. The molecule has 0 saturated carbocycles. The molecular weight excluding hydrogens is 290 g/mol. The van der Waals surface area contributed by atoms with Gasteiger partial charge in [-0.15, -0.1) is 0 Å². The molecule has 3 rings (SSSR count). The Morgan fingerprint density at radius 3 is 2.70 bits per heavy atom. The molecule has 2 N–H and O–H groups in total. The van der Waals surface area contributed by atoms with Crippen LogP contribution in [0.25, 0.3) is 10.9 Å². The monoisotopic (exact) mass is 307 g/mol. The Balaban J connectivity index is 1.93. The number of hydrogen-bond donors (Lipinski definition) is 1. The summed E-state index contributed by atoms with van der Waals surface area (Å²) in [6, 6.07) is 15.0. The summed E-state index contributed by atoms with van der Waals surface area (Å²) in [5.41, 5.74) is 6.49. The fourth-order valence-corrected chi connectivity index (χ4v) is 2.30. The number of hydrogen-bond acceptors (Lipinski definition) is 4. The Morgan fingerprint density at radius 1 is 1.17 bits per heavy atom. The van der Waals surface area contributed by atoms with Crippen LogP contribution < -0.4 is 5.73 Å². The minimum atomic E-state index is -1.30. The van der Waals surface area contributed by atoms with Crippen molar-refractivity contribution in [1.29, 1.82) is 0 Å². The van der Waals surface area contributed by atoms with Gasteiger partial charge in [0.1, 0.15) is 0 Å². The van der Waals surface area contributed by atoms with Gasteiger partial charge in [-0.3, -0.25) is 9.78 Å². The van der Waals surface area contributed by atoms with Crippen molar-refractivity contribution in [3.05, 3.63) is 72.2 Å². The number of nitrogens with zero attached hydrogens (tertiary/aromatic N) is 2. The highest BCUT2D eigenvalue weighted by molar-refractivity contribution is 5.85. The number of rotatable bonds is 5. The van der Waals surface area contributed by atoms with Crippen molar-refractivity contribution in [3.63, 3.8) is 0 Å². The topological polar surface area (TPSA) is 78.1 Å². The van der Waals surface area contributed by atoms with Gasteiger partial charge in [0.15, 0.2) is 5.60 Å². The molecular formula is C18H17N3O2. The molecule has 3 aromatic rings. The Kier molecular flexibility index (Phi) is 4.04. The summed E-state index contributed by atoms with van der Waals surface area (Å²) in [5, 5.41) is 0.895. The van der Waals surface area contributed by atoms with Gasteiger partial charge in [-0.25, -0.2) is 4.98 Å². The van der Waals surface area contributed by atoms with E-state index in [4.69, 9.17) is 10.5 Å². The maximum atomic E-state index is 12.0. The summed E-state index contributed by atoms with van der Waals surface area (Å²) in [4.78, 5) is 20.6. The van der Waals surface area contributed by atoms with Gasteiger partial charge in [-0.2, -0.15) is 0 Å². The highest BCUT2D eigenvalue weighted by Gasteiger charge is 2.36. The zero-order chi connectivity index (χ0) is 16.3. The van der Waals surface area contributed by atoms with E-state index in [1.165, 1.54) is 0 Å². The van der Waals surface area contributed by atoms with Crippen LogP contribution in [0.1, 0.15) is 18.2 Å². The summed E-state index contributed by atoms with van der Waals surface area (Å²) < 4.78 is 5.86. The second kappa shape index (κ2) is 6.14. The van der Waals surface area contributed by atoms with Crippen LogP contribution in [0, 0.1) is 0 Å². The van der Waals surface area contributed by atoms with E-state index in [0.29, 0.717) is 5.69 Å². The van der Waals surface area contributed by atoms with Gasteiger partial charge in [0.05, 0.1) is 17.8 Å². The van der Waals surface area contributed by atoms with E-state index in [2.05, 4.69) is 9.97 Å². The summed E-state index contributed by atoms with van der Waals surface area (Å²) >= 11 is 0. The highest BCUT2D eigenvalue weighted by Crippen LogP contribution is 2.26. The zero-order valence-corrected chi connectivity index (χ0v) is 12.8. The van der Waals surface area contributed by atoms with Gasteiger partial charge in [0, 0.05) is 17.8 Å². The van der Waals surface area contributed by atoms with E-state index in [9.17, 15) is 4.79 Å². The third-order valence-electron chi connectivity index (χ3n) is 3.82. The number of fused-ring (bicyclic) bond motifs is 1. The van der Waals surface area contributed by atoms with Crippen molar-refractivity contribution in [1.82, 2.24) is 9.97 Å². The molecule has 1 unspecified atom stereocenters. The summed E-state index contributed by atoms with van der Waals surface area (Å²) in [7, 11) is 0. The molecule has 1 amide bonds. The number of primary amides is 1. The maximum absolute atomic E-state index is 12.0. The summed E-state index contributed by atoms with van der Waals surface area (Å²) in [5.74, 6) is -0.575. The van der Waals surface area contributed by atoms with Crippen molar-refractivity contribution >= 4 is 16.8 Å². The van der Waals surface area contributed by atoms with Crippen molar-refractivity contribution in [3.8, 4) is 0 Å².